The number of nitrogens with zero attached hydrogens (tertiary/aromatic N) is 1. The van der Waals surface area contributed by atoms with E-state index in [4.69, 9.17) is 11.5 Å². The molecule has 0 heterocycles. The van der Waals surface area contributed by atoms with Crippen LogP contribution in [0.25, 0.3) is 0 Å². The van der Waals surface area contributed by atoms with Crippen molar-refractivity contribution in [2.45, 2.75) is 6.92 Å². The molecule has 0 bridgehead atoms. The maximum absolute atomic E-state index is 5.03. The van der Waals surface area contributed by atoms with Crippen molar-refractivity contribution in [1.29, 1.82) is 0 Å². The second kappa shape index (κ2) is 3.72. The number of guanidine groups is 1. The fourth-order valence-corrected chi connectivity index (χ4v) is 0.251. The number of nitrogens with two attached hydrogens (primary N) is 2. The molecular formula is C6H11N3. The number of aliphatic imine (C=N–C) groups is 1. The Bertz CT molecular complexity index is 152. The van der Waals surface area contributed by atoms with Crippen LogP contribution < -0.4 is 11.5 Å². The summed E-state index contributed by atoms with van der Waals surface area (Å²) in [6, 6.07) is 0. The number of hydrogen-bond acceptors (Lipinski definition) is 1. The fraction of sp³-hybridized carbons (Fsp3) is 0.167. The Kier molecular flexibility index (Phi) is 3.20. The minimum absolute atomic E-state index is 0.0625. The molecule has 0 saturated carbocycles. The molecule has 0 rings (SSSR count). The van der Waals surface area contributed by atoms with Crippen LogP contribution in [0.15, 0.2) is 29.4 Å². The van der Waals surface area contributed by atoms with Crippen LogP contribution in [0, 0.1) is 0 Å². The minimum atomic E-state index is 0.0625. The van der Waals surface area contributed by atoms with Crippen molar-refractivity contribution in [2.75, 3.05) is 0 Å². The van der Waals surface area contributed by atoms with Crippen LogP contribution >= 0.6 is 0 Å². The molecule has 3 nitrogen and oxygen atoms in total. The van der Waals surface area contributed by atoms with Crippen molar-refractivity contribution in [2.24, 2.45) is 16.5 Å². The van der Waals surface area contributed by atoms with E-state index in [2.05, 4.69) is 11.6 Å². The van der Waals surface area contributed by atoms with Crippen LogP contribution in [0.5, 0.6) is 0 Å². The van der Waals surface area contributed by atoms with Crippen LogP contribution in [0.3, 0.4) is 0 Å². The molecule has 0 spiro atoms. The molecule has 0 aromatic heterocycles. The highest BCUT2D eigenvalue weighted by Crippen LogP contribution is 1.87. The molecule has 3 heteroatoms. The summed E-state index contributed by atoms with van der Waals surface area (Å²) in [5.41, 5.74) is 11.0. The number of hydrogen-bond donors (Lipinski definition) is 2. The van der Waals surface area contributed by atoms with Gasteiger partial charge in [-0.2, -0.15) is 0 Å². The van der Waals surface area contributed by atoms with Gasteiger partial charge in [0.2, 0.25) is 0 Å². The summed E-state index contributed by atoms with van der Waals surface area (Å²) in [5, 5.41) is 0. The average Bonchev–Trinajstić information content (AvgIpc) is 1.63. The van der Waals surface area contributed by atoms with Gasteiger partial charge < -0.3 is 11.5 Å². The quantitative estimate of drug-likeness (QED) is 0.318. The standard InChI is InChI=1S/C6H11N3/c1-5(2)3-4-9-6(7)8/h3-4H,1H2,2H3,(H4,7,8,9). The molecule has 4 N–H and O–H groups in total. The van der Waals surface area contributed by atoms with Crippen molar-refractivity contribution in [3.63, 3.8) is 0 Å². The summed E-state index contributed by atoms with van der Waals surface area (Å²) in [6.07, 6.45) is 3.23. The summed E-state index contributed by atoms with van der Waals surface area (Å²) >= 11 is 0. The molecule has 0 aromatic carbocycles. The first-order valence-electron chi connectivity index (χ1n) is 2.53. The zero-order chi connectivity index (χ0) is 7.28. The minimum Gasteiger partial charge on any atom is -0.370 e. The zero-order valence-corrected chi connectivity index (χ0v) is 5.46. The Balaban J connectivity index is 3.74. The van der Waals surface area contributed by atoms with E-state index in [0.29, 0.717) is 0 Å². The van der Waals surface area contributed by atoms with E-state index in [1.54, 1.807) is 6.08 Å². The smallest absolute Gasteiger partial charge is 0.190 e. The Morgan fingerprint density at radius 1 is 1.56 bits per heavy atom. The maximum Gasteiger partial charge on any atom is 0.190 e. The molecule has 0 amide bonds. The molecule has 0 aliphatic rings. The van der Waals surface area contributed by atoms with Gasteiger partial charge in [-0.25, -0.2) is 4.99 Å². The van der Waals surface area contributed by atoms with E-state index in [1.807, 2.05) is 6.92 Å². The van der Waals surface area contributed by atoms with Gasteiger partial charge in [0.15, 0.2) is 5.96 Å². The molecule has 0 saturated heterocycles. The van der Waals surface area contributed by atoms with E-state index in [9.17, 15) is 0 Å². The Morgan fingerprint density at radius 2 is 2.11 bits per heavy atom. The third-order valence-corrected chi connectivity index (χ3v) is 0.583. The van der Waals surface area contributed by atoms with Crippen molar-refractivity contribution in [1.82, 2.24) is 0 Å². The fourth-order valence-electron chi connectivity index (χ4n) is 0.251. The van der Waals surface area contributed by atoms with Crippen molar-refractivity contribution in [3.8, 4) is 0 Å². The predicted octanol–water partition coefficient (Wildman–Crippen LogP) is 0.350. The Morgan fingerprint density at radius 3 is 2.44 bits per heavy atom. The van der Waals surface area contributed by atoms with Crippen molar-refractivity contribution < 1.29 is 0 Å². The summed E-state index contributed by atoms with van der Waals surface area (Å²) in [6.45, 7) is 5.47. The first kappa shape index (κ1) is 7.75. The van der Waals surface area contributed by atoms with Gasteiger partial charge in [0.05, 0.1) is 0 Å². The lowest BCUT2D eigenvalue weighted by Crippen LogP contribution is -2.21. The van der Waals surface area contributed by atoms with Crippen molar-refractivity contribution in [3.05, 3.63) is 24.4 Å². The lowest BCUT2D eigenvalue weighted by molar-refractivity contribution is 1.41. The van der Waals surface area contributed by atoms with Crippen LogP contribution in [-0.2, 0) is 0 Å². The third kappa shape index (κ3) is 6.75. The van der Waals surface area contributed by atoms with Crippen LogP contribution in [0.1, 0.15) is 6.92 Å². The number of rotatable bonds is 2. The third-order valence-electron chi connectivity index (χ3n) is 0.583. The highest BCUT2D eigenvalue weighted by atomic mass is 15.0. The normalized spacial score (nSPS) is 9.44. The second-order valence-corrected chi connectivity index (χ2v) is 1.72. The molecule has 0 aliphatic carbocycles. The molecule has 0 fully saturated rings. The Hall–Kier alpha value is -1.25. The molecule has 0 aliphatic heterocycles. The molecular weight excluding hydrogens is 114 g/mol. The molecule has 0 radical (unpaired) electrons. The van der Waals surface area contributed by atoms with Crippen LogP contribution in [-0.4, -0.2) is 5.96 Å². The lowest BCUT2D eigenvalue weighted by atomic mass is 10.3. The number of allylic oxidation sites excluding steroid dienone is 2. The first-order valence-corrected chi connectivity index (χ1v) is 2.53. The summed E-state index contributed by atoms with van der Waals surface area (Å²) < 4.78 is 0. The maximum atomic E-state index is 5.03. The SMILES string of the molecule is C=C(C)C=CN=C(N)N. The van der Waals surface area contributed by atoms with Gasteiger partial charge >= 0.3 is 0 Å². The largest absolute Gasteiger partial charge is 0.370 e. The summed E-state index contributed by atoms with van der Waals surface area (Å²) in [5.74, 6) is 0.0625. The lowest BCUT2D eigenvalue weighted by Gasteiger charge is -1.83. The van der Waals surface area contributed by atoms with E-state index in [0.717, 1.165) is 5.57 Å². The van der Waals surface area contributed by atoms with Gasteiger partial charge in [0.25, 0.3) is 0 Å². The van der Waals surface area contributed by atoms with E-state index >= 15 is 0 Å². The van der Waals surface area contributed by atoms with Gasteiger partial charge in [-0.3, -0.25) is 0 Å². The Labute approximate surface area is 54.8 Å². The van der Waals surface area contributed by atoms with Gasteiger partial charge in [-0.05, 0) is 13.0 Å². The van der Waals surface area contributed by atoms with Crippen molar-refractivity contribution >= 4 is 5.96 Å². The topological polar surface area (TPSA) is 64.4 Å². The van der Waals surface area contributed by atoms with E-state index in [1.165, 1.54) is 6.20 Å². The second-order valence-electron chi connectivity index (χ2n) is 1.72. The first-order chi connectivity index (χ1) is 4.13. The zero-order valence-electron chi connectivity index (χ0n) is 5.46. The molecule has 0 atom stereocenters. The van der Waals surface area contributed by atoms with E-state index in [-0.39, 0.29) is 5.96 Å². The molecule has 0 aromatic rings. The van der Waals surface area contributed by atoms with Crippen LogP contribution in [0.4, 0.5) is 0 Å². The van der Waals surface area contributed by atoms with Gasteiger partial charge in [0.1, 0.15) is 0 Å². The molecule has 50 valence electrons. The van der Waals surface area contributed by atoms with Gasteiger partial charge in [0, 0.05) is 6.20 Å². The average molecular weight is 125 g/mol. The van der Waals surface area contributed by atoms with E-state index < -0.39 is 0 Å². The monoisotopic (exact) mass is 125 g/mol. The highest BCUT2D eigenvalue weighted by molar-refractivity contribution is 5.76. The molecule has 0 unspecified atom stereocenters. The predicted molar refractivity (Wildman–Crippen MR) is 39.8 cm³/mol. The summed E-state index contributed by atoms with van der Waals surface area (Å²) in [7, 11) is 0. The van der Waals surface area contributed by atoms with Crippen LogP contribution in [0.2, 0.25) is 0 Å². The highest BCUT2D eigenvalue weighted by Gasteiger charge is 1.72. The van der Waals surface area contributed by atoms with Gasteiger partial charge in [-0.1, -0.05) is 12.2 Å². The van der Waals surface area contributed by atoms with Gasteiger partial charge in [-0.15, -0.1) is 0 Å². The molecule has 9 heavy (non-hydrogen) atoms. The summed E-state index contributed by atoms with van der Waals surface area (Å²) in [4.78, 5) is 3.60.